The maximum atomic E-state index is 13.7. The van der Waals surface area contributed by atoms with Crippen LogP contribution in [-0.2, 0) is 13.1 Å². The molecule has 19 heavy (non-hydrogen) atoms. The Hall–Kier alpha value is -2.41. The molecule has 6 nitrogen and oxygen atoms in total. The van der Waals surface area contributed by atoms with Crippen LogP contribution in [0, 0.1) is 5.82 Å². The Balaban J connectivity index is 1.97. The van der Waals surface area contributed by atoms with Crippen molar-refractivity contribution < 1.29 is 14.1 Å². The zero-order valence-corrected chi connectivity index (χ0v) is 10.0. The third kappa shape index (κ3) is 3.29. The minimum atomic E-state index is -0.420. The fourth-order valence-corrected chi connectivity index (χ4v) is 1.56. The highest BCUT2D eigenvalue weighted by Crippen LogP contribution is 2.10. The molecule has 0 fully saturated rings. The molecule has 0 aliphatic rings. The van der Waals surface area contributed by atoms with Crippen LogP contribution in [0.25, 0.3) is 0 Å². The van der Waals surface area contributed by atoms with Crippen LogP contribution in [-0.4, -0.2) is 16.2 Å². The van der Waals surface area contributed by atoms with Crippen LogP contribution < -0.4 is 11.1 Å². The quantitative estimate of drug-likeness (QED) is 0.326. The SMILES string of the molecule is N/C(=N/O)c1ccc(CNCc2ccon2)c(F)c1. The van der Waals surface area contributed by atoms with Gasteiger partial charge in [0.05, 0.1) is 5.69 Å². The summed E-state index contributed by atoms with van der Waals surface area (Å²) in [5, 5.41) is 18.1. The second-order valence-electron chi connectivity index (χ2n) is 3.89. The lowest BCUT2D eigenvalue weighted by Gasteiger charge is -2.06. The number of hydrogen-bond donors (Lipinski definition) is 3. The van der Waals surface area contributed by atoms with E-state index in [2.05, 4.69) is 20.2 Å². The van der Waals surface area contributed by atoms with Crippen molar-refractivity contribution in [3.05, 3.63) is 53.2 Å². The number of oxime groups is 1. The van der Waals surface area contributed by atoms with Crippen LogP contribution >= 0.6 is 0 Å². The van der Waals surface area contributed by atoms with Crippen LogP contribution in [0.15, 0.2) is 40.2 Å². The van der Waals surface area contributed by atoms with Gasteiger partial charge in [-0.2, -0.15) is 0 Å². The minimum Gasteiger partial charge on any atom is -0.409 e. The van der Waals surface area contributed by atoms with E-state index in [1.165, 1.54) is 12.3 Å². The summed E-state index contributed by atoms with van der Waals surface area (Å²) >= 11 is 0. The van der Waals surface area contributed by atoms with E-state index in [9.17, 15) is 4.39 Å². The molecule has 0 saturated carbocycles. The average molecular weight is 264 g/mol. The summed E-state index contributed by atoms with van der Waals surface area (Å²) in [6.07, 6.45) is 1.48. The van der Waals surface area contributed by atoms with E-state index in [1.54, 1.807) is 18.2 Å². The molecule has 2 aromatic rings. The average Bonchev–Trinajstić information content (AvgIpc) is 2.93. The highest BCUT2D eigenvalue weighted by Gasteiger charge is 2.06. The molecule has 0 amide bonds. The fourth-order valence-electron chi connectivity index (χ4n) is 1.56. The van der Waals surface area contributed by atoms with Crippen molar-refractivity contribution in [2.45, 2.75) is 13.1 Å². The van der Waals surface area contributed by atoms with Gasteiger partial charge in [0, 0.05) is 30.3 Å². The number of nitrogens with zero attached hydrogens (tertiary/aromatic N) is 2. The molecule has 100 valence electrons. The van der Waals surface area contributed by atoms with Gasteiger partial charge in [-0.15, -0.1) is 0 Å². The lowest BCUT2D eigenvalue weighted by Crippen LogP contribution is -2.16. The normalized spacial score (nSPS) is 11.7. The highest BCUT2D eigenvalue weighted by atomic mass is 19.1. The maximum Gasteiger partial charge on any atom is 0.170 e. The van der Waals surface area contributed by atoms with E-state index in [0.717, 1.165) is 5.69 Å². The van der Waals surface area contributed by atoms with Gasteiger partial charge >= 0.3 is 0 Å². The third-order valence-electron chi connectivity index (χ3n) is 2.57. The topological polar surface area (TPSA) is 96.7 Å². The predicted octanol–water partition coefficient (Wildman–Crippen LogP) is 1.20. The van der Waals surface area contributed by atoms with E-state index >= 15 is 0 Å². The molecule has 1 heterocycles. The number of hydrogen-bond acceptors (Lipinski definition) is 5. The van der Waals surface area contributed by atoms with E-state index < -0.39 is 5.82 Å². The lowest BCUT2D eigenvalue weighted by molar-refractivity contribution is 0.318. The highest BCUT2D eigenvalue weighted by molar-refractivity contribution is 5.97. The predicted molar refractivity (Wildman–Crippen MR) is 66.0 cm³/mol. The van der Waals surface area contributed by atoms with E-state index in [-0.39, 0.29) is 5.84 Å². The van der Waals surface area contributed by atoms with Crippen LogP contribution in [0.4, 0.5) is 4.39 Å². The number of nitrogens with two attached hydrogens (primary N) is 1. The summed E-state index contributed by atoms with van der Waals surface area (Å²) in [6.45, 7) is 0.826. The van der Waals surface area contributed by atoms with Crippen molar-refractivity contribution in [2.24, 2.45) is 10.9 Å². The lowest BCUT2D eigenvalue weighted by atomic mass is 10.1. The van der Waals surface area contributed by atoms with Gasteiger partial charge in [0.2, 0.25) is 0 Å². The van der Waals surface area contributed by atoms with Gasteiger partial charge in [0.15, 0.2) is 5.84 Å². The standard InChI is InChI=1S/C12H13FN4O2/c13-11-5-8(12(14)16-18)1-2-9(11)6-15-7-10-3-4-19-17-10/h1-5,15,18H,6-7H2,(H2,14,16). The molecule has 0 saturated heterocycles. The number of aromatic nitrogens is 1. The number of rotatable bonds is 5. The fraction of sp³-hybridized carbons (Fsp3) is 0.167. The van der Waals surface area contributed by atoms with Crippen molar-refractivity contribution in [3.63, 3.8) is 0 Å². The Bertz CT molecular complexity index is 569. The van der Waals surface area contributed by atoms with Gasteiger partial charge in [-0.1, -0.05) is 22.4 Å². The zero-order valence-electron chi connectivity index (χ0n) is 10.0. The van der Waals surface area contributed by atoms with E-state index in [0.29, 0.717) is 24.2 Å². The number of benzene rings is 1. The molecular weight excluding hydrogens is 251 g/mol. The van der Waals surface area contributed by atoms with Gasteiger partial charge in [-0.05, 0) is 6.07 Å². The molecule has 1 aromatic heterocycles. The van der Waals surface area contributed by atoms with Crippen molar-refractivity contribution in [3.8, 4) is 0 Å². The van der Waals surface area contributed by atoms with Crippen LogP contribution in [0.1, 0.15) is 16.8 Å². The second-order valence-corrected chi connectivity index (χ2v) is 3.89. The summed E-state index contributed by atoms with van der Waals surface area (Å²) in [5.74, 6) is -0.544. The summed E-state index contributed by atoms with van der Waals surface area (Å²) in [4.78, 5) is 0. The third-order valence-corrected chi connectivity index (χ3v) is 2.57. The molecule has 4 N–H and O–H groups in total. The largest absolute Gasteiger partial charge is 0.409 e. The molecule has 0 aliphatic carbocycles. The summed E-state index contributed by atoms with van der Waals surface area (Å²) in [6, 6.07) is 6.12. The Morgan fingerprint density at radius 2 is 2.26 bits per heavy atom. The first-order valence-corrected chi connectivity index (χ1v) is 5.57. The number of halogens is 1. The molecule has 0 unspecified atom stereocenters. The van der Waals surface area contributed by atoms with Gasteiger partial charge in [0.25, 0.3) is 0 Å². The Kier molecular flexibility index (Phi) is 4.09. The Morgan fingerprint density at radius 1 is 1.42 bits per heavy atom. The molecule has 7 heteroatoms. The van der Waals surface area contributed by atoms with Crippen molar-refractivity contribution in [1.82, 2.24) is 10.5 Å². The van der Waals surface area contributed by atoms with Crippen LogP contribution in [0.3, 0.4) is 0 Å². The monoisotopic (exact) mass is 264 g/mol. The van der Waals surface area contributed by atoms with Gasteiger partial charge in [-0.25, -0.2) is 4.39 Å². The first kappa shape index (κ1) is 13.0. The first-order chi connectivity index (χ1) is 9.20. The summed E-state index contributed by atoms with van der Waals surface area (Å²) in [7, 11) is 0. The molecule has 2 rings (SSSR count). The summed E-state index contributed by atoms with van der Waals surface area (Å²) in [5.41, 5.74) is 6.94. The molecular formula is C12H13FN4O2. The first-order valence-electron chi connectivity index (χ1n) is 5.57. The van der Waals surface area contributed by atoms with Gasteiger partial charge in [0.1, 0.15) is 12.1 Å². The smallest absolute Gasteiger partial charge is 0.170 e. The minimum absolute atomic E-state index is 0.124. The van der Waals surface area contributed by atoms with Gasteiger partial charge < -0.3 is 20.8 Å². The zero-order chi connectivity index (χ0) is 13.7. The second kappa shape index (κ2) is 5.96. The van der Waals surface area contributed by atoms with E-state index in [1.807, 2.05) is 0 Å². The molecule has 0 bridgehead atoms. The number of amidine groups is 1. The summed E-state index contributed by atoms with van der Waals surface area (Å²) < 4.78 is 18.4. The van der Waals surface area contributed by atoms with Crippen molar-refractivity contribution in [2.75, 3.05) is 0 Å². The van der Waals surface area contributed by atoms with Crippen LogP contribution in [0.2, 0.25) is 0 Å². The molecule has 0 atom stereocenters. The van der Waals surface area contributed by atoms with Crippen molar-refractivity contribution >= 4 is 5.84 Å². The Labute approximate surface area is 108 Å². The Morgan fingerprint density at radius 3 is 2.89 bits per heavy atom. The number of nitrogens with one attached hydrogen (secondary N) is 1. The molecule has 0 radical (unpaired) electrons. The molecule has 1 aromatic carbocycles. The van der Waals surface area contributed by atoms with E-state index in [4.69, 9.17) is 10.9 Å². The maximum absolute atomic E-state index is 13.7. The molecule has 0 spiro atoms. The molecule has 0 aliphatic heterocycles. The van der Waals surface area contributed by atoms with Crippen molar-refractivity contribution in [1.29, 1.82) is 0 Å². The van der Waals surface area contributed by atoms with Gasteiger partial charge in [-0.3, -0.25) is 0 Å². The van der Waals surface area contributed by atoms with Crippen LogP contribution in [0.5, 0.6) is 0 Å².